The van der Waals surface area contributed by atoms with Gasteiger partial charge in [0, 0.05) is 26.2 Å². The molecule has 2 aromatic carbocycles. The number of sulfonamides is 1. The molecule has 6 nitrogen and oxygen atoms in total. The first-order valence-corrected chi connectivity index (χ1v) is 12.6. The van der Waals surface area contributed by atoms with Gasteiger partial charge in [0.15, 0.2) is 0 Å². The molecule has 0 aliphatic carbocycles. The van der Waals surface area contributed by atoms with Crippen molar-refractivity contribution in [3.63, 3.8) is 0 Å². The largest absolute Gasteiger partial charge is 0.339 e. The Morgan fingerprint density at radius 2 is 1.48 bits per heavy atom. The average Bonchev–Trinajstić information content (AvgIpc) is 2.80. The molecule has 0 bridgehead atoms. The van der Waals surface area contributed by atoms with Gasteiger partial charge in [-0.25, -0.2) is 8.42 Å². The number of halogens is 1. The molecule has 0 atom stereocenters. The van der Waals surface area contributed by atoms with Crippen LogP contribution in [-0.4, -0.2) is 74.2 Å². The number of piperazine rings is 1. The van der Waals surface area contributed by atoms with Crippen molar-refractivity contribution in [3.8, 4) is 0 Å². The van der Waals surface area contributed by atoms with Gasteiger partial charge >= 0.3 is 0 Å². The summed E-state index contributed by atoms with van der Waals surface area (Å²) in [6.07, 6.45) is 2.11. The molecule has 166 valence electrons. The standard InChI is InChI=1S/C23H28ClN3O3S/c24-21-8-4-5-9-22(21)31(29,30)27-16-14-26(15-17-27)23(28)18-25-12-10-20(11-13-25)19-6-2-1-3-7-19/h1-9,20H,10-18H2. The number of hydrogen-bond donors (Lipinski definition) is 0. The van der Waals surface area contributed by atoms with Crippen LogP contribution in [0.1, 0.15) is 24.3 Å². The number of piperidine rings is 1. The summed E-state index contributed by atoms with van der Waals surface area (Å²) in [5.74, 6) is 0.638. The predicted molar refractivity (Wildman–Crippen MR) is 122 cm³/mol. The molecular formula is C23H28ClN3O3S. The van der Waals surface area contributed by atoms with Gasteiger partial charge in [-0.3, -0.25) is 9.69 Å². The van der Waals surface area contributed by atoms with Gasteiger partial charge in [-0.05, 0) is 49.5 Å². The van der Waals surface area contributed by atoms with E-state index in [1.165, 1.54) is 15.9 Å². The van der Waals surface area contributed by atoms with Crippen molar-refractivity contribution in [2.45, 2.75) is 23.7 Å². The van der Waals surface area contributed by atoms with Crippen LogP contribution in [0.25, 0.3) is 0 Å². The highest BCUT2D eigenvalue weighted by Gasteiger charge is 2.32. The summed E-state index contributed by atoms with van der Waals surface area (Å²) in [6, 6.07) is 17.0. The van der Waals surface area contributed by atoms with Crippen LogP contribution in [0, 0.1) is 0 Å². The topological polar surface area (TPSA) is 60.9 Å². The Bertz CT molecular complexity index is 1000. The van der Waals surface area contributed by atoms with Gasteiger partial charge in [-0.2, -0.15) is 4.31 Å². The fourth-order valence-electron chi connectivity index (χ4n) is 4.41. The Labute approximate surface area is 189 Å². The Morgan fingerprint density at radius 1 is 0.871 bits per heavy atom. The SMILES string of the molecule is O=C(CN1CCC(c2ccccc2)CC1)N1CCN(S(=O)(=O)c2ccccc2Cl)CC1. The molecule has 2 aliphatic rings. The summed E-state index contributed by atoms with van der Waals surface area (Å²) in [6.45, 7) is 3.60. The Kier molecular flexibility index (Phi) is 6.96. The molecule has 4 rings (SSSR count). The van der Waals surface area contributed by atoms with Crippen molar-refractivity contribution in [1.82, 2.24) is 14.1 Å². The molecule has 0 spiro atoms. The minimum absolute atomic E-state index is 0.0768. The number of carbonyl (C=O) groups is 1. The zero-order valence-corrected chi connectivity index (χ0v) is 19.1. The van der Waals surface area contributed by atoms with E-state index in [0.29, 0.717) is 25.6 Å². The molecule has 0 radical (unpaired) electrons. The van der Waals surface area contributed by atoms with Crippen LogP contribution in [0.3, 0.4) is 0 Å². The number of hydrogen-bond acceptors (Lipinski definition) is 4. The van der Waals surface area contributed by atoms with Gasteiger partial charge in [0.1, 0.15) is 4.90 Å². The third kappa shape index (κ3) is 5.12. The Hall–Kier alpha value is -1.93. The Balaban J connectivity index is 1.27. The number of amides is 1. The van der Waals surface area contributed by atoms with Crippen molar-refractivity contribution in [1.29, 1.82) is 0 Å². The maximum Gasteiger partial charge on any atom is 0.244 e. The molecule has 0 N–H and O–H groups in total. The number of likely N-dealkylation sites (tertiary alicyclic amines) is 1. The maximum absolute atomic E-state index is 12.9. The van der Waals surface area contributed by atoms with E-state index in [-0.39, 0.29) is 28.9 Å². The smallest absolute Gasteiger partial charge is 0.244 e. The first-order valence-electron chi connectivity index (χ1n) is 10.7. The van der Waals surface area contributed by atoms with Gasteiger partial charge < -0.3 is 4.90 Å². The number of carbonyl (C=O) groups excluding carboxylic acids is 1. The molecule has 2 saturated heterocycles. The second kappa shape index (κ2) is 9.69. The molecule has 0 aromatic heterocycles. The molecular weight excluding hydrogens is 434 g/mol. The van der Waals surface area contributed by atoms with Crippen LogP contribution in [0.15, 0.2) is 59.5 Å². The van der Waals surface area contributed by atoms with Gasteiger partial charge in [0.25, 0.3) is 0 Å². The van der Waals surface area contributed by atoms with Crippen LogP contribution in [0.4, 0.5) is 0 Å². The lowest BCUT2D eigenvalue weighted by Gasteiger charge is -2.36. The van der Waals surface area contributed by atoms with Crippen LogP contribution >= 0.6 is 11.6 Å². The third-order valence-corrected chi connectivity index (χ3v) is 8.66. The van der Waals surface area contributed by atoms with Crippen molar-refractivity contribution in [2.75, 3.05) is 45.8 Å². The Morgan fingerprint density at radius 3 is 2.13 bits per heavy atom. The molecule has 31 heavy (non-hydrogen) atoms. The van der Waals surface area contributed by atoms with Crippen LogP contribution in [0.5, 0.6) is 0 Å². The first kappa shape index (κ1) is 22.3. The highest BCUT2D eigenvalue weighted by molar-refractivity contribution is 7.89. The highest BCUT2D eigenvalue weighted by atomic mass is 35.5. The highest BCUT2D eigenvalue weighted by Crippen LogP contribution is 2.28. The molecule has 8 heteroatoms. The van der Waals surface area contributed by atoms with Crippen molar-refractivity contribution >= 4 is 27.5 Å². The summed E-state index contributed by atoms with van der Waals surface area (Å²) in [4.78, 5) is 16.9. The number of benzene rings is 2. The molecule has 0 unspecified atom stereocenters. The number of rotatable bonds is 5. The fourth-order valence-corrected chi connectivity index (χ4v) is 6.33. The second-order valence-corrected chi connectivity index (χ2v) is 10.5. The minimum atomic E-state index is -3.65. The van der Waals surface area contributed by atoms with E-state index in [2.05, 4.69) is 29.2 Å². The van der Waals surface area contributed by atoms with Crippen LogP contribution in [0.2, 0.25) is 5.02 Å². The van der Waals surface area contributed by atoms with E-state index in [0.717, 1.165) is 25.9 Å². The maximum atomic E-state index is 12.9. The van der Waals surface area contributed by atoms with Crippen molar-refractivity contribution in [2.24, 2.45) is 0 Å². The van der Waals surface area contributed by atoms with Gasteiger partial charge in [-0.1, -0.05) is 54.1 Å². The lowest BCUT2D eigenvalue weighted by molar-refractivity contribution is -0.133. The molecule has 2 heterocycles. The lowest BCUT2D eigenvalue weighted by Crippen LogP contribution is -2.53. The fraction of sp³-hybridized carbons (Fsp3) is 0.435. The zero-order chi connectivity index (χ0) is 21.8. The molecule has 1 amide bonds. The van der Waals surface area contributed by atoms with Gasteiger partial charge in [-0.15, -0.1) is 0 Å². The van der Waals surface area contributed by atoms with Gasteiger partial charge in [0.2, 0.25) is 15.9 Å². The molecule has 0 saturated carbocycles. The van der Waals surface area contributed by atoms with Crippen molar-refractivity contribution < 1.29 is 13.2 Å². The summed E-state index contributed by atoms with van der Waals surface area (Å²) in [5.41, 5.74) is 1.38. The van der Waals surface area contributed by atoms with Crippen molar-refractivity contribution in [3.05, 3.63) is 65.2 Å². The average molecular weight is 462 g/mol. The van der Waals surface area contributed by atoms with E-state index in [4.69, 9.17) is 11.6 Å². The van der Waals surface area contributed by atoms with E-state index < -0.39 is 10.0 Å². The van der Waals surface area contributed by atoms with Gasteiger partial charge in [0.05, 0.1) is 11.6 Å². The zero-order valence-electron chi connectivity index (χ0n) is 17.5. The quantitative estimate of drug-likeness (QED) is 0.686. The lowest BCUT2D eigenvalue weighted by atomic mass is 9.89. The monoisotopic (exact) mass is 461 g/mol. The van der Waals surface area contributed by atoms with E-state index in [1.54, 1.807) is 23.1 Å². The van der Waals surface area contributed by atoms with E-state index >= 15 is 0 Å². The van der Waals surface area contributed by atoms with Crippen LogP contribution in [-0.2, 0) is 14.8 Å². The number of nitrogens with zero attached hydrogens (tertiary/aromatic N) is 3. The minimum Gasteiger partial charge on any atom is -0.339 e. The summed E-state index contributed by atoms with van der Waals surface area (Å²) >= 11 is 6.09. The molecule has 2 aliphatic heterocycles. The third-order valence-electron chi connectivity index (χ3n) is 6.26. The summed E-state index contributed by atoms with van der Waals surface area (Å²) < 4.78 is 27.2. The second-order valence-electron chi connectivity index (χ2n) is 8.18. The predicted octanol–water partition coefficient (Wildman–Crippen LogP) is 3.05. The first-order chi connectivity index (χ1) is 14.9. The summed E-state index contributed by atoms with van der Waals surface area (Å²) in [7, 11) is -3.65. The molecule has 2 fully saturated rings. The van der Waals surface area contributed by atoms with Crippen LogP contribution < -0.4 is 0 Å². The summed E-state index contributed by atoms with van der Waals surface area (Å²) in [5, 5.41) is 0.222. The van der Waals surface area contributed by atoms with E-state index in [1.807, 2.05) is 6.07 Å². The molecule has 2 aromatic rings. The van der Waals surface area contributed by atoms with E-state index in [9.17, 15) is 13.2 Å². The normalized spacial score (nSPS) is 19.5.